The Balaban J connectivity index is 1.96. The van der Waals surface area contributed by atoms with Crippen molar-refractivity contribution in [1.82, 2.24) is 15.2 Å². The average molecular weight is 398 g/mol. The molecule has 2 aliphatic rings. The highest BCUT2D eigenvalue weighted by Crippen LogP contribution is 2.34. The van der Waals surface area contributed by atoms with Crippen LogP contribution >= 0.6 is 0 Å². The van der Waals surface area contributed by atoms with E-state index in [-0.39, 0.29) is 22.6 Å². The van der Waals surface area contributed by atoms with E-state index in [9.17, 15) is 24.5 Å². The number of fused-ring (bicyclic) bond motifs is 1. The zero-order valence-corrected chi connectivity index (χ0v) is 15.5. The van der Waals surface area contributed by atoms with Crippen molar-refractivity contribution >= 4 is 29.0 Å². The van der Waals surface area contributed by atoms with Crippen molar-refractivity contribution in [3.05, 3.63) is 55.4 Å². The fourth-order valence-electron chi connectivity index (χ4n) is 3.74. The van der Waals surface area contributed by atoms with Crippen molar-refractivity contribution < 1.29 is 14.5 Å². The molecule has 0 unspecified atom stereocenters. The summed E-state index contributed by atoms with van der Waals surface area (Å²) in [5.74, 6) is -1.54. The van der Waals surface area contributed by atoms with E-state index >= 15 is 0 Å². The van der Waals surface area contributed by atoms with Crippen LogP contribution in [0.2, 0.25) is 0 Å². The van der Waals surface area contributed by atoms with Gasteiger partial charge >= 0.3 is 0 Å². The van der Waals surface area contributed by atoms with Gasteiger partial charge in [-0.05, 0) is 18.6 Å². The minimum absolute atomic E-state index is 0.0731. The molecule has 1 fully saturated rings. The maximum Gasteiger partial charge on any atom is 0.292 e. The van der Waals surface area contributed by atoms with Gasteiger partial charge in [0.25, 0.3) is 23.1 Å². The molecule has 2 amide bonds. The first-order chi connectivity index (χ1) is 13.8. The van der Waals surface area contributed by atoms with E-state index in [1.165, 1.54) is 12.1 Å². The molecule has 1 aromatic heterocycles. The molecule has 11 nitrogen and oxygen atoms in total. The number of pyridine rings is 1. The Kier molecular flexibility index (Phi) is 4.31. The SMILES string of the molecule is Cc1cc([N+](=O)[O-])c(N2CCNCC2)cc1-n1c(N)c2c(cc1=O)C(=O)NC2=O. The average Bonchev–Trinajstić information content (AvgIpc) is 2.96. The van der Waals surface area contributed by atoms with Gasteiger partial charge in [0.1, 0.15) is 11.5 Å². The molecular weight excluding hydrogens is 380 g/mol. The number of benzene rings is 1. The van der Waals surface area contributed by atoms with Crippen LogP contribution in [0.5, 0.6) is 0 Å². The Morgan fingerprint density at radius 3 is 2.41 bits per heavy atom. The molecule has 1 aromatic carbocycles. The van der Waals surface area contributed by atoms with Gasteiger partial charge in [-0.2, -0.15) is 0 Å². The number of piperazine rings is 1. The van der Waals surface area contributed by atoms with Crippen molar-refractivity contribution in [2.75, 3.05) is 36.8 Å². The molecule has 4 rings (SSSR count). The van der Waals surface area contributed by atoms with Crippen LogP contribution in [0.3, 0.4) is 0 Å². The van der Waals surface area contributed by atoms with E-state index in [4.69, 9.17) is 5.73 Å². The lowest BCUT2D eigenvalue weighted by Gasteiger charge is -2.29. The number of aryl methyl sites for hydroxylation is 1. The number of nitrogens with one attached hydrogen (secondary N) is 2. The Labute approximate surface area is 164 Å². The minimum Gasteiger partial charge on any atom is -0.384 e. The summed E-state index contributed by atoms with van der Waals surface area (Å²) in [4.78, 5) is 49.7. The number of aromatic nitrogens is 1. The normalized spacial score (nSPS) is 16.0. The number of carbonyl (C=O) groups excluding carboxylic acids is 2. The van der Waals surface area contributed by atoms with Gasteiger partial charge in [0.15, 0.2) is 0 Å². The summed E-state index contributed by atoms with van der Waals surface area (Å²) in [5.41, 5.74) is 6.41. The molecule has 0 saturated carbocycles. The zero-order chi connectivity index (χ0) is 20.9. The molecule has 0 spiro atoms. The van der Waals surface area contributed by atoms with Gasteiger partial charge in [-0.15, -0.1) is 0 Å². The molecule has 2 aliphatic heterocycles. The van der Waals surface area contributed by atoms with E-state index in [1.807, 2.05) is 4.90 Å². The monoisotopic (exact) mass is 398 g/mol. The van der Waals surface area contributed by atoms with Gasteiger partial charge in [-0.1, -0.05) is 0 Å². The number of carbonyl (C=O) groups is 2. The molecule has 0 radical (unpaired) electrons. The topological polar surface area (TPSA) is 153 Å². The van der Waals surface area contributed by atoms with Crippen LogP contribution in [0.4, 0.5) is 17.2 Å². The number of hydrogen-bond donors (Lipinski definition) is 3. The number of nitrogens with two attached hydrogens (primary N) is 1. The van der Waals surface area contributed by atoms with Crippen molar-refractivity contribution in [3.63, 3.8) is 0 Å². The predicted octanol–water partition coefficient (Wildman–Crippen LogP) is -0.0705. The number of nitrogens with zero attached hydrogens (tertiary/aromatic N) is 3. The smallest absolute Gasteiger partial charge is 0.292 e. The predicted molar refractivity (Wildman–Crippen MR) is 105 cm³/mol. The number of nitrogen functional groups attached to an aromatic ring is 1. The Hall–Kier alpha value is -3.73. The van der Waals surface area contributed by atoms with Gasteiger partial charge in [-0.25, -0.2) is 0 Å². The molecule has 150 valence electrons. The molecule has 2 aromatic rings. The highest BCUT2D eigenvalue weighted by molar-refractivity contribution is 6.23. The van der Waals surface area contributed by atoms with Crippen LogP contribution in [0.15, 0.2) is 23.0 Å². The summed E-state index contributed by atoms with van der Waals surface area (Å²) >= 11 is 0. The highest BCUT2D eigenvalue weighted by atomic mass is 16.6. The van der Waals surface area contributed by atoms with Gasteiger partial charge in [-0.3, -0.25) is 34.4 Å². The second-order valence-electron chi connectivity index (χ2n) is 6.90. The van der Waals surface area contributed by atoms with E-state index in [0.29, 0.717) is 43.1 Å². The van der Waals surface area contributed by atoms with E-state index in [2.05, 4.69) is 10.6 Å². The molecule has 11 heteroatoms. The summed E-state index contributed by atoms with van der Waals surface area (Å²) in [6.45, 7) is 4.09. The summed E-state index contributed by atoms with van der Waals surface area (Å²) in [7, 11) is 0. The third-order valence-corrected chi connectivity index (χ3v) is 5.14. The molecule has 4 N–H and O–H groups in total. The minimum atomic E-state index is -0.682. The highest BCUT2D eigenvalue weighted by Gasteiger charge is 2.32. The first-order valence-electron chi connectivity index (χ1n) is 8.96. The van der Waals surface area contributed by atoms with Crippen LogP contribution in [0, 0.1) is 17.0 Å². The van der Waals surface area contributed by atoms with Gasteiger partial charge in [0, 0.05) is 38.3 Å². The fourth-order valence-corrected chi connectivity index (χ4v) is 3.74. The van der Waals surface area contributed by atoms with Crippen LogP contribution in [0.1, 0.15) is 26.3 Å². The van der Waals surface area contributed by atoms with Crippen molar-refractivity contribution in [1.29, 1.82) is 0 Å². The molecule has 29 heavy (non-hydrogen) atoms. The number of rotatable bonds is 3. The van der Waals surface area contributed by atoms with E-state index in [0.717, 1.165) is 10.6 Å². The first-order valence-corrected chi connectivity index (χ1v) is 8.96. The van der Waals surface area contributed by atoms with Crippen LogP contribution < -0.4 is 26.8 Å². The first kappa shape index (κ1) is 18.6. The quantitative estimate of drug-likeness (QED) is 0.369. The van der Waals surface area contributed by atoms with E-state index < -0.39 is 22.3 Å². The third kappa shape index (κ3) is 2.91. The summed E-state index contributed by atoms with van der Waals surface area (Å²) in [6.07, 6.45) is 0. The lowest BCUT2D eigenvalue weighted by atomic mass is 10.1. The van der Waals surface area contributed by atoms with Gasteiger partial charge < -0.3 is 16.0 Å². The summed E-state index contributed by atoms with van der Waals surface area (Å²) in [5, 5.41) is 16.9. The Morgan fingerprint density at radius 2 is 1.76 bits per heavy atom. The zero-order valence-electron chi connectivity index (χ0n) is 15.5. The standard InChI is InChI=1S/C18H18N6O5/c1-9-6-13(24(28)29)12(22-4-2-20-3-5-22)8-11(9)23-14(25)7-10-15(16(23)19)18(27)21-17(10)26/h6-8,20H,2-5,19H2,1H3,(H,21,26,27). The Morgan fingerprint density at radius 1 is 1.07 bits per heavy atom. The lowest BCUT2D eigenvalue weighted by molar-refractivity contribution is -0.384. The largest absolute Gasteiger partial charge is 0.384 e. The molecular formula is C18H18N6O5. The number of nitro groups is 1. The number of imide groups is 1. The molecule has 3 heterocycles. The third-order valence-electron chi connectivity index (χ3n) is 5.14. The molecule has 0 atom stereocenters. The number of anilines is 2. The van der Waals surface area contributed by atoms with Gasteiger partial charge in [0.05, 0.1) is 21.7 Å². The number of nitro benzene ring substituents is 1. The molecule has 0 aliphatic carbocycles. The molecule has 0 bridgehead atoms. The Bertz CT molecular complexity index is 1130. The van der Waals surface area contributed by atoms with Crippen molar-refractivity contribution in [2.24, 2.45) is 0 Å². The lowest BCUT2D eigenvalue weighted by Crippen LogP contribution is -2.43. The van der Waals surface area contributed by atoms with Crippen molar-refractivity contribution in [3.8, 4) is 5.69 Å². The maximum absolute atomic E-state index is 12.7. The second-order valence-corrected chi connectivity index (χ2v) is 6.90. The second kappa shape index (κ2) is 6.71. The fraction of sp³-hybridized carbons (Fsp3) is 0.278. The molecule has 1 saturated heterocycles. The number of amides is 2. The number of hydrogen-bond acceptors (Lipinski definition) is 8. The van der Waals surface area contributed by atoms with Crippen LogP contribution in [0.25, 0.3) is 5.69 Å². The van der Waals surface area contributed by atoms with Gasteiger partial charge in [0.2, 0.25) is 0 Å². The van der Waals surface area contributed by atoms with E-state index in [1.54, 1.807) is 6.92 Å². The summed E-state index contributed by atoms with van der Waals surface area (Å²) < 4.78 is 1.11. The summed E-state index contributed by atoms with van der Waals surface area (Å²) in [6, 6.07) is 3.98. The van der Waals surface area contributed by atoms with Crippen LogP contribution in [-0.2, 0) is 0 Å². The van der Waals surface area contributed by atoms with Crippen molar-refractivity contribution in [2.45, 2.75) is 6.92 Å². The van der Waals surface area contributed by atoms with Crippen LogP contribution in [-0.4, -0.2) is 47.5 Å². The maximum atomic E-state index is 12.7.